The Kier molecular flexibility index (Phi) is 5.50. The van der Waals surface area contributed by atoms with E-state index in [2.05, 4.69) is 47.0 Å². The van der Waals surface area contributed by atoms with Gasteiger partial charge >= 0.3 is 0 Å². The van der Waals surface area contributed by atoms with E-state index in [1.54, 1.807) is 6.20 Å². The summed E-state index contributed by atoms with van der Waals surface area (Å²) in [5.41, 5.74) is 7.14. The number of nitrogens with zero attached hydrogens (tertiary/aromatic N) is 1. The second-order valence-electron chi connectivity index (χ2n) is 6.10. The van der Waals surface area contributed by atoms with Crippen molar-refractivity contribution in [3.8, 4) is 0 Å². The van der Waals surface area contributed by atoms with Gasteiger partial charge in [0, 0.05) is 23.1 Å². The first-order valence-corrected chi connectivity index (χ1v) is 7.14. The van der Waals surface area contributed by atoms with Gasteiger partial charge in [0.25, 0.3) is 0 Å². The van der Waals surface area contributed by atoms with Crippen LogP contribution in [-0.2, 0) is 4.79 Å². The summed E-state index contributed by atoms with van der Waals surface area (Å²) in [5.74, 6) is 0.472. The lowest BCUT2D eigenvalue weighted by Gasteiger charge is -2.22. The highest BCUT2D eigenvalue weighted by molar-refractivity contribution is 9.10. The summed E-state index contributed by atoms with van der Waals surface area (Å²) >= 11 is 3.37. The van der Waals surface area contributed by atoms with Crippen LogP contribution in [0.25, 0.3) is 0 Å². The maximum atomic E-state index is 11.9. The van der Waals surface area contributed by atoms with E-state index in [9.17, 15) is 4.79 Å². The van der Waals surface area contributed by atoms with Crippen molar-refractivity contribution in [2.45, 2.75) is 46.6 Å². The van der Waals surface area contributed by atoms with Crippen LogP contribution >= 0.6 is 15.9 Å². The van der Waals surface area contributed by atoms with Crippen molar-refractivity contribution >= 4 is 27.7 Å². The van der Waals surface area contributed by atoms with Gasteiger partial charge in [-0.1, -0.05) is 20.8 Å². The Morgan fingerprint density at radius 1 is 1.53 bits per heavy atom. The maximum Gasteiger partial charge on any atom is 0.227 e. The van der Waals surface area contributed by atoms with Crippen molar-refractivity contribution < 1.29 is 4.79 Å². The van der Waals surface area contributed by atoms with Gasteiger partial charge in [-0.25, -0.2) is 4.98 Å². The fourth-order valence-electron chi connectivity index (χ4n) is 1.90. The number of aromatic nitrogens is 1. The van der Waals surface area contributed by atoms with E-state index in [-0.39, 0.29) is 17.4 Å². The smallest absolute Gasteiger partial charge is 0.227 e. The van der Waals surface area contributed by atoms with Crippen LogP contribution in [0.3, 0.4) is 0 Å². The zero-order valence-corrected chi connectivity index (χ0v) is 13.5. The molecule has 1 rings (SSSR count). The number of anilines is 1. The molecule has 0 aliphatic rings. The number of halogens is 1. The van der Waals surface area contributed by atoms with Gasteiger partial charge in [0.1, 0.15) is 5.82 Å². The van der Waals surface area contributed by atoms with E-state index in [1.165, 1.54) is 0 Å². The lowest BCUT2D eigenvalue weighted by atomic mass is 9.87. The van der Waals surface area contributed by atoms with E-state index >= 15 is 0 Å². The average Bonchev–Trinajstić information content (AvgIpc) is 2.20. The first-order chi connectivity index (χ1) is 8.67. The quantitative estimate of drug-likeness (QED) is 0.891. The second kappa shape index (κ2) is 6.48. The summed E-state index contributed by atoms with van der Waals surface area (Å²) in [6, 6.07) is 1.70. The summed E-state index contributed by atoms with van der Waals surface area (Å²) in [4.78, 5) is 16.0. The molecule has 5 heteroatoms. The maximum absolute atomic E-state index is 11.9. The Morgan fingerprint density at radius 2 is 2.16 bits per heavy atom. The van der Waals surface area contributed by atoms with Crippen LogP contribution in [0.4, 0.5) is 5.82 Å². The molecule has 0 spiro atoms. The molecular formula is C14H22BrN3O. The molecule has 1 aromatic rings. The molecule has 1 aromatic heterocycles. The summed E-state index contributed by atoms with van der Waals surface area (Å²) in [6.45, 7) is 8.30. The van der Waals surface area contributed by atoms with Gasteiger partial charge in [-0.15, -0.1) is 0 Å². The zero-order chi connectivity index (χ0) is 14.6. The Morgan fingerprint density at radius 3 is 2.68 bits per heavy atom. The Hall–Kier alpha value is -0.940. The molecule has 1 unspecified atom stereocenters. The van der Waals surface area contributed by atoms with Crippen LogP contribution < -0.4 is 11.1 Å². The van der Waals surface area contributed by atoms with Gasteiger partial charge < -0.3 is 11.1 Å². The van der Waals surface area contributed by atoms with Crippen molar-refractivity contribution in [2.75, 3.05) is 5.32 Å². The molecule has 0 bridgehead atoms. The fraction of sp³-hybridized carbons (Fsp3) is 0.571. The molecule has 1 heterocycles. The van der Waals surface area contributed by atoms with Gasteiger partial charge in [0.15, 0.2) is 0 Å². The highest BCUT2D eigenvalue weighted by Crippen LogP contribution is 2.21. The third-order valence-corrected chi connectivity index (χ3v) is 3.47. The number of rotatable bonds is 4. The minimum Gasteiger partial charge on any atom is -0.327 e. The van der Waals surface area contributed by atoms with E-state index in [4.69, 9.17) is 5.73 Å². The second-order valence-corrected chi connectivity index (χ2v) is 6.95. The zero-order valence-electron chi connectivity index (χ0n) is 12.0. The predicted octanol–water partition coefficient (Wildman–Crippen LogP) is 3.24. The van der Waals surface area contributed by atoms with Crippen LogP contribution in [0.2, 0.25) is 0 Å². The fourth-order valence-corrected chi connectivity index (χ4v) is 2.12. The minimum atomic E-state index is -0.128. The molecule has 0 aromatic carbocycles. The Labute approximate surface area is 123 Å². The number of hydrogen-bond acceptors (Lipinski definition) is 3. The van der Waals surface area contributed by atoms with Crippen LogP contribution in [0.5, 0.6) is 0 Å². The molecule has 106 valence electrons. The van der Waals surface area contributed by atoms with Crippen molar-refractivity contribution in [3.05, 3.63) is 22.3 Å². The SMILES string of the molecule is Cc1cc(NC(=O)CC(N)CC(C)(C)C)ncc1Br. The summed E-state index contributed by atoms with van der Waals surface area (Å²) in [5, 5.41) is 2.78. The van der Waals surface area contributed by atoms with E-state index in [1.807, 2.05) is 13.0 Å². The Bertz CT molecular complexity index is 454. The Balaban J connectivity index is 2.53. The van der Waals surface area contributed by atoms with Crippen molar-refractivity contribution in [2.24, 2.45) is 11.1 Å². The molecule has 0 saturated carbocycles. The van der Waals surface area contributed by atoms with Gasteiger partial charge in [-0.3, -0.25) is 4.79 Å². The molecule has 0 radical (unpaired) electrons. The highest BCUT2D eigenvalue weighted by Gasteiger charge is 2.18. The van der Waals surface area contributed by atoms with Crippen molar-refractivity contribution in [1.82, 2.24) is 4.98 Å². The van der Waals surface area contributed by atoms with Gasteiger partial charge in [0.2, 0.25) is 5.91 Å². The molecule has 1 atom stereocenters. The molecule has 0 aliphatic heterocycles. The van der Waals surface area contributed by atoms with Crippen LogP contribution in [0.15, 0.2) is 16.7 Å². The molecule has 3 N–H and O–H groups in total. The normalized spacial score (nSPS) is 13.2. The molecule has 0 fully saturated rings. The molecular weight excluding hydrogens is 306 g/mol. The molecule has 4 nitrogen and oxygen atoms in total. The molecule has 19 heavy (non-hydrogen) atoms. The number of nitrogens with two attached hydrogens (primary N) is 1. The lowest BCUT2D eigenvalue weighted by Crippen LogP contribution is -2.31. The third-order valence-electron chi connectivity index (χ3n) is 2.64. The van der Waals surface area contributed by atoms with Crippen LogP contribution in [-0.4, -0.2) is 16.9 Å². The molecule has 0 saturated heterocycles. The molecule has 0 aliphatic carbocycles. The van der Waals surface area contributed by atoms with E-state index in [0.29, 0.717) is 12.2 Å². The summed E-state index contributed by atoms with van der Waals surface area (Å²) < 4.78 is 0.926. The summed E-state index contributed by atoms with van der Waals surface area (Å²) in [6.07, 6.45) is 2.81. The van der Waals surface area contributed by atoms with Gasteiger partial charge in [-0.2, -0.15) is 0 Å². The number of nitrogens with one attached hydrogen (secondary N) is 1. The number of aryl methyl sites for hydroxylation is 1. The van der Waals surface area contributed by atoms with Gasteiger partial charge in [-0.05, 0) is 46.3 Å². The number of carbonyl (C=O) groups excluding carboxylic acids is 1. The number of carbonyl (C=O) groups is 1. The minimum absolute atomic E-state index is 0.0917. The van der Waals surface area contributed by atoms with E-state index in [0.717, 1.165) is 16.5 Å². The van der Waals surface area contributed by atoms with Crippen LogP contribution in [0.1, 0.15) is 39.2 Å². The predicted molar refractivity (Wildman–Crippen MR) is 82.0 cm³/mol. The first-order valence-electron chi connectivity index (χ1n) is 6.35. The first kappa shape index (κ1) is 16.1. The number of amides is 1. The highest BCUT2D eigenvalue weighted by atomic mass is 79.9. The van der Waals surface area contributed by atoms with Crippen molar-refractivity contribution in [3.63, 3.8) is 0 Å². The van der Waals surface area contributed by atoms with Crippen molar-refractivity contribution in [1.29, 1.82) is 0 Å². The number of pyridine rings is 1. The monoisotopic (exact) mass is 327 g/mol. The average molecular weight is 328 g/mol. The van der Waals surface area contributed by atoms with Crippen LogP contribution in [0, 0.1) is 12.3 Å². The lowest BCUT2D eigenvalue weighted by molar-refractivity contribution is -0.116. The van der Waals surface area contributed by atoms with E-state index < -0.39 is 0 Å². The largest absolute Gasteiger partial charge is 0.327 e. The van der Waals surface area contributed by atoms with Gasteiger partial charge in [0.05, 0.1) is 0 Å². The number of hydrogen-bond donors (Lipinski definition) is 2. The summed E-state index contributed by atoms with van der Waals surface area (Å²) in [7, 11) is 0. The topological polar surface area (TPSA) is 68.0 Å². The molecule has 1 amide bonds. The standard InChI is InChI=1S/C14H22BrN3O/c1-9-5-12(17-8-11(9)15)18-13(19)6-10(16)7-14(2,3)4/h5,8,10H,6-7,16H2,1-4H3,(H,17,18,19). The third kappa shape index (κ3) is 6.16.